The van der Waals surface area contributed by atoms with Crippen molar-refractivity contribution in [3.8, 4) is 0 Å². The molecule has 4 N–H and O–H groups in total. The van der Waals surface area contributed by atoms with Crippen LogP contribution in [0.5, 0.6) is 0 Å². The van der Waals surface area contributed by atoms with E-state index in [0.29, 0.717) is 0 Å². The van der Waals surface area contributed by atoms with Gasteiger partial charge in [-0.25, -0.2) is 4.79 Å². The number of carbonyl (C=O) groups is 4. The van der Waals surface area contributed by atoms with Crippen LogP contribution in [0.4, 0.5) is 0 Å². The van der Waals surface area contributed by atoms with Gasteiger partial charge < -0.3 is 30.0 Å². The summed E-state index contributed by atoms with van der Waals surface area (Å²) in [6, 6.07) is 0. The molecule has 1 aliphatic heterocycles. The van der Waals surface area contributed by atoms with Crippen molar-refractivity contribution in [3.05, 3.63) is 0 Å². The van der Waals surface area contributed by atoms with E-state index in [1.54, 1.807) is 0 Å². The van der Waals surface area contributed by atoms with E-state index in [-0.39, 0.29) is 43.0 Å². The standard InChI is InChI=1S/C12H20N4O8.Co/c17-8(18)5-15(6-9(19)20)3-4-16(7-10(21)22)12(11(23)24)13-1-2-14-12;/h13-14H,1-7H2,(H,17,18)(H,19,20)(H,21,22)(H,23,24);/q;+2/p-2. The van der Waals surface area contributed by atoms with E-state index in [1.165, 1.54) is 0 Å². The predicted octanol–water partition coefficient (Wildman–Crippen LogP) is -5.90. The van der Waals surface area contributed by atoms with E-state index in [2.05, 4.69) is 10.6 Å². The second kappa shape index (κ2) is 10.3. The third-order valence-corrected chi connectivity index (χ3v) is 3.39. The maximum Gasteiger partial charge on any atom is 2.00 e. The quantitative estimate of drug-likeness (QED) is 0.255. The molecule has 0 saturated carbocycles. The molecule has 1 radical (unpaired) electrons. The zero-order valence-corrected chi connectivity index (χ0v) is 14.1. The number of hydrogen-bond donors (Lipinski definition) is 4. The number of nitrogens with one attached hydrogen (secondary N) is 2. The van der Waals surface area contributed by atoms with Crippen LogP contribution >= 0.6 is 0 Å². The second-order valence-corrected chi connectivity index (χ2v) is 5.14. The minimum Gasteiger partial charge on any atom is -0.549 e. The fraction of sp³-hybridized carbons (Fsp3) is 0.667. The zero-order valence-electron chi connectivity index (χ0n) is 13.0. The Morgan fingerprint density at radius 2 is 1.40 bits per heavy atom. The van der Waals surface area contributed by atoms with Crippen LogP contribution in [0.15, 0.2) is 0 Å². The molecule has 0 bridgehead atoms. The van der Waals surface area contributed by atoms with E-state index in [1.807, 2.05) is 0 Å². The monoisotopic (exact) mass is 405 g/mol. The predicted molar refractivity (Wildman–Crippen MR) is 72.0 cm³/mol. The largest absolute Gasteiger partial charge is 2.00 e. The van der Waals surface area contributed by atoms with E-state index < -0.39 is 49.3 Å². The average Bonchev–Trinajstić information content (AvgIpc) is 2.92. The van der Waals surface area contributed by atoms with E-state index in [4.69, 9.17) is 5.11 Å². The van der Waals surface area contributed by atoms with Crippen LogP contribution in [0, 0.1) is 0 Å². The van der Waals surface area contributed by atoms with Crippen molar-refractivity contribution >= 4 is 23.9 Å². The number of carboxylic acid groups (broad SMARTS) is 4. The van der Waals surface area contributed by atoms with Gasteiger partial charge in [0, 0.05) is 39.3 Å². The van der Waals surface area contributed by atoms with Gasteiger partial charge >= 0.3 is 28.7 Å². The van der Waals surface area contributed by atoms with Crippen LogP contribution in [0.3, 0.4) is 0 Å². The Bertz CT molecular complexity index is 495. The molecule has 1 saturated heterocycles. The van der Waals surface area contributed by atoms with Gasteiger partial charge in [-0.1, -0.05) is 0 Å². The van der Waals surface area contributed by atoms with Gasteiger partial charge in [0.15, 0.2) is 0 Å². The second-order valence-electron chi connectivity index (χ2n) is 5.14. The smallest absolute Gasteiger partial charge is 0.549 e. The summed E-state index contributed by atoms with van der Waals surface area (Å²) in [7, 11) is 0. The van der Waals surface area contributed by atoms with Crippen LogP contribution in [-0.4, -0.2) is 95.5 Å². The van der Waals surface area contributed by atoms with Crippen LogP contribution in [0.2, 0.25) is 0 Å². The molecule has 0 amide bonds. The molecule has 1 aliphatic rings. The molecule has 0 spiro atoms. The number of hydrogen-bond acceptors (Lipinski definition) is 10. The zero-order chi connectivity index (χ0) is 18.3. The van der Waals surface area contributed by atoms with Crippen LogP contribution in [0.25, 0.3) is 0 Å². The van der Waals surface area contributed by atoms with Gasteiger partial charge in [-0.2, -0.15) is 0 Å². The van der Waals surface area contributed by atoms with Gasteiger partial charge in [-0.05, 0) is 0 Å². The van der Waals surface area contributed by atoms with E-state index in [0.717, 1.165) is 9.80 Å². The first kappa shape index (κ1) is 23.2. The molecule has 1 rings (SSSR count). The van der Waals surface area contributed by atoms with Gasteiger partial charge in [0.25, 0.3) is 0 Å². The summed E-state index contributed by atoms with van der Waals surface area (Å²) in [5.41, 5.74) is 0. The van der Waals surface area contributed by atoms with Crippen molar-refractivity contribution < 1.29 is 56.4 Å². The molecule has 12 nitrogen and oxygen atoms in total. The molecule has 0 aliphatic carbocycles. The SMILES string of the molecule is O=C([O-])CN(CCN(CC(=O)O)C1(C(=O)O)NCCN1)CC(=O)[O-].[Co+2]. The fourth-order valence-electron chi connectivity index (χ4n) is 2.43. The third-order valence-electron chi connectivity index (χ3n) is 3.39. The molecule has 0 aromatic heterocycles. The Morgan fingerprint density at radius 3 is 1.76 bits per heavy atom. The summed E-state index contributed by atoms with van der Waals surface area (Å²) < 4.78 is 0. The van der Waals surface area contributed by atoms with E-state index >= 15 is 0 Å². The summed E-state index contributed by atoms with van der Waals surface area (Å²) in [4.78, 5) is 45.9. The topological polar surface area (TPSA) is 185 Å². The van der Waals surface area contributed by atoms with Gasteiger partial charge in [0.2, 0.25) is 5.79 Å². The molecule has 1 fully saturated rings. The van der Waals surface area contributed by atoms with Gasteiger partial charge in [0.1, 0.15) is 0 Å². The Balaban J connectivity index is 0.00000576. The van der Waals surface area contributed by atoms with Crippen molar-refractivity contribution in [2.24, 2.45) is 0 Å². The Labute approximate surface area is 153 Å². The number of nitrogens with zero attached hydrogens (tertiary/aromatic N) is 2. The van der Waals surface area contributed by atoms with Crippen molar-refractivity contribution in [1.82, 2.24) is 20.4 Å². The van der Waals surface area contributed by atoms with Crippen molar-refractivity contribution in [3.63, 3.8) is 0 Å². The molecular formula is C12H18CoN4O8. The Kier molecular flexibility index (Phi) is 9.54. The van der Waals surface area contributed by atoms with E-state index in [9.17, 15) is 34.5 Å². The summed E-state index contributed by atoms with van der Waals surface area (Å²) >= 11 is 0. The van der Waals surface area contributed by atoms with Crippen LogP contribution in [0.1, 0.15) is 0 Å². The van der Waals surface area contributed by atoms with Gasteiger partial charge in [0.05, 0.1) is 18.5 Å². The summed E-state index contributed by atoms with van der Waals surface area (Å²) in [6.45, 7) is -1.95. The van der Waals surface area contributed by atoms with Crippen molar-refractivity contribution in [2.45, 2.75) is 5.79 Å². The Morgan fingerprint density at radius 1 is 0.920 bits per heavy atom. The molecule has 0 unspecified atom stereocenters. The average molecular weight is 405 g/mol. The molecule has 0 aromatic rings. The summed E-state index contributed by atoms with van der Waals surface area (Å²) in [6.07, 6.45) is 0. The number of aliphatic carboxylic acids is 4. The van der Waals surface area contributed by atoms with Crippen LogP contribution in [-0.2, 0) is 36.0 Å². The molecule has 25 heavy (non-hydrogen) atoms. The normalized spacial score (nSPS) is 15.8. The summed E-state index contributed by atoms with van der Waals surface area (Å²) in [5.74, 6) is -7.52. The fourth-order valence-corrected chi connectivity index (χ4v) is 2.43. The minimum absolute atomic E-state index is 0. The van der Waals surface area contributed by atoms with Crippen molar-refractivity contribution in [2.75, 3.05) is 45.8 Å². The molecule has 0 aromatic carbocycles. The third kappa shape index (κ3) is 6.93. The molecule has 143 valence electrons. The first-order valence-electron chi connectivity index (χ1n) is 6.99. The first-order chi connectivity index (χ1) is 11.2. The van der Waals surface area contributed by atoms with Gasteiger partial charge in [-0.15, -0.1) is 0 Å². The number of carboxylic acids is 4. The van der Waals surface area contributed by atoms with Crippen molar-refractivity contribution in [1.29, 1.82) is 0 Å². The summed E-state index contributed by atoms with van der Waals surface area (Å²) in [5, 5.41) is 45.0. The minimum atomic E-state index is -1.83. The Hall–Kier alpha value is -1.77. The molecule has 13 heteroatoms. The van der Waals surface area contributed by atoms with Crippen LogP contribution < -0.4 is 20.8 Å². The number of rotatable bonds is 11. The molecule has 1 heterocycles. The number of carbonyl (C=O) groups excluding carboxylic acids is 2. The maximum atomic E-state index is 11.6. The molecular weight excluding hydrogens is 387 g/mol. The molecule has 0 atom stereocenters. The van der Waals surface area contributed by atoms with Gasteiger partial charge in [-0.3, -0.25) is 25.2 Å². The maximum absolute atomic E-state index is 11.6. The first-order valence-corrected chi connectivity index (χ1v) is 6.99.